The number of phosphoric acid groups is 1. The van der Waals surface area contributed by atoms with Gasteiger partial charge in [-0.05, 0) is 83.5 Å². The number of carbonyl (C=O) groups excluding carboxylic acids is 2. The lowest BCUT2D eigenvalue weighted by Gasteiger charge is -2.20. The third-order valence-corrected chi connectivity index (χ3v) is 9.33. The molecule has 0 amide bonds. The SMILES string of the molecule is CCCCC/C=C\C/C=C\C/C=C\CCCCCCC(=O)O[C@H](COC(=O)CCC/C=C\C/C=C\C/C=C\C/C=C\C=C\[C@@H](O)CC)COP(=O)(O)OC[C@@H](O)CO. The van der Waals surface area contributed by atoms with Crippen molar-refractivity contribution in [3.05, 3.63) is 97.2 Å². The number of aliphatic hydroxyl groups is 3. The fraction of sp³-hybridized carbons (Fsp3) is 0.609. The Morgan fingerprint density at radius 2 is 1.09 bits per heavy atom. The van der Waals surface area contributed by atoms with Gasteiger partial charge in [0.25, 0.3) is 0 Å². The lowest BCUT2D eigenvalue weighted by atomic mass is 10.1. The van der Waals surface area contributed by atoms with E-state index >= 15 is 0 Å². The highest BCUT2D eigenvalue weighted by Gasteiger charge is 2.27. The van der Waals surface area contributed by atoms with E-state index in [4.69, 9.17) is 19.1 Å². The van der Waals surface area contributed by atoms with Gasteiger partial charge in [-0.2, -0.15) is 0 Å². The average molecular weight is 835 g/mol. The van der Waals surface area contributed by atoms with Crippen molar-refractivity contribution in [2.45, 2.75) is 154 Å². The Morgan fingerprint density at radius 3 is 1.66 bits per heavy atom. The second-order valence-electron chi connectivity index (χ2n) is 13.8. The molecule has 0 saturated carbocycles. The first-order valence-electron chi connectivity index (χ1n) is 21.3. The van der Waals surface area contributed by atoms with Crippen LogP contribution in [0.2, 0.25) is 0 Å². The van der Waals surface area contributed by atoms with Crippen LogP contribution in [0.5, 0.6) is 0 Å². The molecule has 330 valence electrons. The van der Waals surface area contributed by atoms with Crippen LogP contribution >= 0.6 is 7.82 Å². The summed E-state index contributed by atoms with van der Waals surface area (Å²) in [5.41, 5.74) is 0. The fourth-order valence-electron chi connectivity index (χ4n) is 4.93. The third kappa shape index (κ3) is 39.7. The fourth-order valence-corrected chi connectivity index (χ4v) is 5.72. The molecule has 4 atom stereocenters. The Bertz CT molecular complexity index is 1300. The summed E-state index contributed by atoms with van der Waals surface area (Å²) >= 11 is 0. The first-order chi connectivity index (χ1) is 28.1. The molecular formula is C46H75O11P. The molecule has 0 saturated heterocycles. The first-order valence-corrected chi connectivity index (χ1v) is 22.8. The smallest absolute Gasteiger partial charge is 0.462 e. The van der Waals surface area contributed by atoms with Gasteiger partial charge in [0.2, 0.25) is 0 Å². The molecule has 0 aromatic carbocycles. The number of phosphoric ester groups is 1. The minimum atomic E-state index is -4.65. The zero-order valence-corrected chi connectivity index (χ0v) is 36.2. The maximum absolute atomic E-state index is 12.6. The van der Waals surface area contributed by atoms with Crippen molar-refractivity contribution in [2.75, 3.05) is 26.4 Å². The van der Waals surface area contributed by atoms with E-state index < -0.39 is 57.9 Å². The first kappa shape index (κ1) is 54.9. The summed E-state index contributed by atoms with van der Waals surface area (Å²) < 4.78 is 32.6. The van der Waals surface area contributed by atoms with E-state index in [2.05, 4.69) is 72.2 Å². The van der Waals surface area contributed by atoms with E-state index in [1.54, 1.807) is 6.08 Å². The van der Waals surface area contributed by atoms with E-state index in [9.17, 15) is 29.3 Å². The third-order valence-electron chi connectivity index (χ3n) is 8.38. The summed E-state index contributed by atoms with van der Waals surface area (Å²) in [6.07, 6.45) is 46.1. The molecule has 0 heterocycles. The predicted octanol–water partition coefficient (Wildman–Crippen LogP) is 10.2. The second kappa shape index (κ2) is 40.6. The van der Waals surface area contributed by atoms with Gasteiger partial charge < -0.3 is 29.7 Å². The molecule has 0 aliphatic heterocycles. The second-order valence-corrected chi connectivity index (χ2v) is 15.3. The lowest BCUT2D eigenvalue weighted by molar-refractivity contribution is -0.161. The predicted molar refractivity (Wildman–Crippen MR) is 234 cm³/mol. The van der Waals surface area contributed by atoms with Crippen LogP contribution in [0.3, 0.4) is 0 Å². The highest BCUT2D eigenvalue weighted by molar-refractivity contribution is 7.47. The number of allylic oxidation sites excluding steroid dienone is 15. The number of esters is 2. The van der Waals surface area contributed by atoms with Gasteiger partial charge in [-0.15, -0.1) is 0 Å². The quantitative estimate of drug-likeness (QED) is 0.0154. The molecule has 0 spiro atoms. The van der Waals surface area contributed by atoms with Gasteiger partial charge in [-0.1, -0.05) is 137 Å². The summed E-state index contributed by atoms with van der Waals surface area (Å²) in [5, 5.41) is 27.8. The number of hydrogen-bond donors (Lipinski definition) is 4. The minimum absolute atomic E-state index is 0.133. The van der Waals surface area contributed by atoms with E-state index in [1.165, 1.54) is 19.3 Å². The molecule has 0 aliphatic rings. The van der Waals surface area contributed by atoms with Crippen molar-refractivity contribution in [3.8, 4) is 0 Å². The van der Waals surface area contributed by atoms with Gasteiger partial charge in [-0.3, -0.25) is 18.6 Å². The molecule has 0 aliphatic carbocycles. The normalized spacial score (nSPS) is 15.3. The van der Waals surface area contributed by atoms with Crippen LogP contribution in [-0.4, -0.2) is 76.9 Å². The molecule has 0 fully saturated rings. The topological polar surface area (TPSA) is 169 Å². The molecular weight excluding hydrogens is 759 g/mol. The summed E-state index contributed by atoms with van der Waals surface area (Å²) in [5.74, 6) is -1.05. The van der Waals surface area contributed by atoms with Gasteiger partial charge in [0.15, 0.2) is 6.10 Å². The van der Waals surface area contributed by atoms with Gasteiger partial charge in [0.1, 0.15) is 12.7 Å². The van der Waals surface area contributed by atoms with E-state index in [1.807, 2.05) is 37.3 Å². The highest BCUT2D eigenvalue weighted by Crippen LogP contribution is 2.43. The van der Waals surface area contributed by atoms with Crippen molar-refractivity contribution in [1.29, 1.82) is 0 Å². The molecule has 0 radical (unpaired) electrons. The molecule has 0 rings (SSSR count). The van der Waals surface area contributed by atoms with Crippen LogP contribution in [-0.2, 0) is 32.7 Å². The Morgan fingerprint density at radius 1 is 0.586 bits per heavy atom. The molecule has 12 heteroatoms. The van der Waals surface area contributed by atoms with Crippen molar-refractivity contribution in [3.63, 3.8) is 0 Å². The van der Waals surface area contributed by atoms with Gasteiger partial charge in [0, 0.05) is 12.8 Å². The lowest BCUT2D eigenvalue weighted by Crippen LogP contribution is -2.29. The number of unbranched alkanes of at least 4 members (excludes halogenated alkanes) is 8. The van der Waals surface area contributed by atoms with Gasteiger partial charge in [-0.25, -0.2) is 4.57 Å². The zero-order valence-electron chi connectivity index (χ0n) is 35.3. The van der Waals surface area contributed by atoms with E-state index in [0.717, 1.165) is 64.2 Å². The molecule has 1 unspecified atom stereocenters. The molecule has 4 N–H and O–H groups in total. The van der Waals surface area contributed by atoms with E-state index in [0.29, 0.717) is 25.7 Å². The molecule has 0 aromatic heterocycles. The van der Waals surface area contributed by atoms with Crippen molar-refractivity contribution in [2.24, 2.45) is 0 Å². The van der Waals surface area contributed by atoms with Crippen molar-refractivity contribution >= 4 is 19.8 Å². The summed E-state index contributed by atoms with van der Waals surface area (Å²) in [4.78, 5) is 35.0. The van der Waals surface area contributed by atoms with Crippen LogP contribution in [0.1, 0.15) is 136 Å². The maximum Gasteiger partial charge on any atom is 0.472 e. The summed E-state index contributed by atoms with van der Waals surface area (Å²) in [6.45, 7) is 1.89. The van der Waals surface area contributed by atoms with Crippen LogP contribution < -0.4 is 0 Å². The van der Waals surface area contributed by atoms with Gasteiger partial charge >= 0.3 is 19.8 Å². The van der Waals surface area contributed by atoms with Crippen molar-refractivity contribution < 1.29 is 52.9 Å². The van der Waals surface area contributed by atoms with E-state index in [-0.39, 0.29) is 19.4 Å². The minimum Gasteiger partial charge on any atom is -0.462 e. The van der Waals surface area contributed by atoms with Crippen LogP contribution in [0, 0.1) is 0 Å². The number of aliphatic hydroxyl groups excluding tert-OH is 3. The summed E-state index contributed by atoms with van der Waals surface area (Å²) in [6, 6.07) is 0. The Hall–Kier alpha value is -3.15. The standard InChI is InChI=1S/C46H75O11P/c1-3-5-6-7-8-9-10-11-12-13-14-19-22-25-28-31-34-37-46(51)57-44(41-56-58(52,53)55-39-43(49)38-47)40-54-45(50)36-33-30-27-24-21-18-16-15-17-20-23-26-29-32-35-42(48)4-2/h8-9,11-12,14,16-20,24,26-27,29,32,35,42-44,47-49H,3-7,10,13,15,21-23,25,28,30-31,33-34,36-41H2,1-2H3,(H,52,53)/b9-8-,12-11-,18-16-,19-14-,20-17-,27-24-,29-26-,35-32+/t42-,43-,44+/m0/s1. The van der Waals surface area contributed by atoms with Gasteiger partial charge in [0.05, 0.1) is 25.9 Å². The van der Waals surface area contributed by atoms with Crippen LogP contribution in [0.15, 0.2) is 97.2 Å². The van der Waals surface area contributed by atoms with Crippen LogP contribution in [0.25, 0.3) is 0 Å². The Kier molecular flexibility index (Phi) is 38.4. The molecule has 11 nitrogen and oxygen atoms in total. The Balaban J connectivity index is 4.49. The number of carbonyl (C=O) groups is 2. The van der Waals surface area contributed by atoms with Crippen LogP contribution in [0.4, 0.5) is 0 Å². The highest BCUT2D eigenvalue weighted by atomic mass is 31.2. The number of ether oxygens (including phenoxy) is 2. The molecule has 0 aromatic rings. The maximum atomic E-state index is 12.6. The average Bonchev–Trinajstić information content (AvgIpc) is 3.21. The number of rotatable bonds is 38. The zero-order chi connectivity index (χ0) is 42.8. The molecule has 58 heavy (non-hydrogen) atoms. The Labute approximate surface area is 349 Å². The summed E-state index contributed by atoms with van der Waals surface area (Å²) in [7, 11) is -4.65. The largest absolute Gasteiger partial charge is 0.472 e. The monoisotopic (exact) mass is 835 g/mol. The molecule has 0 bridgehead atoms. The number of hydrogen-bond acceptors (Lipinski definition) is 10. The van der Waals surface area contributed by atoms with Crippen molar-refractivity contribution in [1.82, 2.24) is 0 Å².